The number of carboxylic acid groups (broad SMARTS) is 1. The predicted octanol–water partition coefficient (Wildman–Crippen LogP) is 2.49. The van der Waals surface area contributed by atoms with Gasteiger partial charge in [0.05, 0.1) is 5.92 Å². The molecule has 0 unspecified atom stereocenters. The molecule has 74 valence electrons. The summed E-state index contributed by atoms with van der Waals surface area (Å²) in [6.45, 7) is 4.11. The van der Waals surface area contributed by atoms with E-state index in [1.807, 2.05) is 0 Å². The van der Waals surface area contributed by atoms with Crippen molar-refractivity contribution < 1.29 is 9.90 Å². The Morgan fingerprint density at radius 2 is 2.14 bits per heavy atom. The van der Waals surface area contributed by atoms with Gasteiger partial charge in [-0.05, 0) is 37.3 Å². The molecule has 0 heterocycles. The molecule has 1 aliphatic rings. The minimum absolute atomic E-state index is 0.142. The van der Waals surface area contributed by atoms with Gasteiger partial charge in [0.1, 0.15) is 0 Å². The molecule has 0 bridgehead atoms. The first-order valence-corrected chi connectivity index (χ1v) is 4.89. The van der Waals surface area contributed by atoms with Gasteiger partial charge in [0.15, 0.2) is 0 Å². The van der Waals surface area contributed by atoms with Crippen LogP contribution in [0.3, 0.4) is 0 Å². The summed E-state index contributed by atoms with van der Waals surface area (Å²) in [5.41, 5.74) is 3.67. The SMILES string of the molecule is Cc1ccc([C@@H]2C[C@H]2C(=O)O)c(C)c1. The Kier molecular flexibility index (Phi) is 2.06. The van der Waals surface area contributed by atoms with Crippen LogP contribution in [0.25, 0.3) is 0 Å². The van der Waals surface area contributed by atoms with E-state index in [0.717, 1.165) is 6.42 Å². The number of hydrogen-bond donors (Lipinski definition) is 1. The van der Waals surface area contributed by atoms with E-state index in [1.54, 1.807) is 0 Å². The number of rotatable bonds is 2. The number of carbonyl (C=O) groups is 1. The van der Waals surface area contributed by atoms with E-state index in [-0.39, 0.29) is 11.8 Å². The fourth-order valence-corrected chi connectivity index (χ4v) is 2.05. The summed E-state index contributed by atoms with van der Waals surface area (Å²) in [6.07, 6.45) is 0.805. The normalized spacial score (nSPS) is 24.7. The Morgan fingerprint density at radius 3 is 2.64 bits per heavy atom. The molecule has 1 N–H and O–H groups in total. The van der Waals surface area contributed by atoms with Crippen LogP contribution in [0.4, 0.5) is 0 Å². The summed E-state index contributed by atoms with van der Waals surface area (Å²) in [4.78, 5) is 10.7. The van der Waals surface area contributed by atoms with E-state index in [9.17, 15) is 4.79 Å². The molecule has 0 amide bonds. The van der Waals surface area contributed by atoms with E-state index in [2.05, 4.69) is 32.0 Å². The van der Waals surface area contributed by atoms with Crippen molar-refractivity contribution in [3.05, 3.63) is 34.9 Å². The third kappa shape index (κ3) is 1.52. The summed E-state index contributed by atoms with van der Waals surface area (Å²) >= 11 is 0. The van der Waals surface area contributed by atoms with Crippen molar-refractivity contribution in [3.8, 4) is 0 Å². The van der Waals surface area contributed by atoms with Gasteiger partial charge in [-0.1, -0.05) is 23.8 Å². The van der Waals surface area contributed by atoms with Crippen LogP contribution in [-0.2, 0) is 4.79 Å². The van der Waals surface area contributed by atoms with E-state index in [4.69, 9.17) is 5.11 Å². The third-order valence-corrected chi connectivity index (χ3v) is 2.93. The van der Waals surface area contributed by atoms with Crippen LogP contribution in [-0.4, -0.2) is 11.1 Å². The van der Waals surface area contributed by atoms with Gasteiger partial charge in [0, 0.05) is 0 Å². The molecular formula is C12H14O2. The Balaban J connectivity index is 2.23. The van der Waals surface area contributed by atoms with Crippen molar-refractivity contribution in [1.82, 2.24) is 0 Å². The lowest BCUT2D eigenvalue weighted by molar-refractivity contribution is -0.138. The van der Waals surface area contributed by atoms with Crippen LogP contribution in [0.1, 0.15) is 29.0 Å². The minimum atomic E-state index is -0.657. The predicted molar refractivity (Wildman–Crippen MR) is 54.4 cm³/mol. The third-order valence-electron chi connectivity index (χ3n) is 2.93. The summed E-state index contributed by atoms with van der Waals surface area (Å²) in [5.74, 6) is -0.542. The zero-order chi connectivity index (χ0) is 10.3. The second-order valence-corrected chi connectivity index (χ2v) is 4.15. The number of aryl methyl sites for hydroxylation is 2. The molecule has 2 heteroatoms. The lowest BCUT2D eigenvalue weighted by Crippen LogP contribution is -1.99. The summed E-state index contributed by atoms with van der Waals surface area (Å²) in [6, 6.07) is 6.24. The molecule has 0 aromatic heterocycles. The standard InChI is InChI=1S/C12H14O2/c1-7-3-4-9(8(2)5-7)10-6-11(10)12(13)14/h3-5,10-11H,6H2,1-2H3,(H,13,14)/t10-,11+/m0/s1. The van der Waals surface area contributed by atoms with Crippen molar-refractivity contribution in [1.29, 1.82) is 0 Å². The fourth-order valence-electron chi connectivity index (χ4n) is 2.05. The van der Waals surface area contributed by atoms with Gasteiger partial charge in [-0.3, -0.25) is 4.79 Å². The van der Waals surface area contributed by atoms with E-state index >= 15 is 0 Å². The summed E-state index contributed by atoms with van der Waals surface area (Å²) in [7, 11) is 0. The van der Waals surface area contributed by atoms with Crippen LogP contribution >= 0.6 is 0 Å². The Bertz CT molecular complexity index is 382. The summed E-state index contributed by atoms with van der Waals surface area (Å²) in [5, 5.41) is 8.83. The van der Waals surface area contributed by atoms with E-state index in [1.165, 1.54) is 16.7 Å². The second-order valence-electron chi connectivity index (χ2n) is 4.15. The largest absolute Gasteiger partial charge is 0.481 e. The number of aliphatic carboxylic acids is 1. The average molecular weight is 190 g/mol. The molecule has 14 heavy (non-hydrogen) atoms. The van der Waals surface area contributed by atoms with Crippen LogP contribution in [0.2, 0.25) is 0 Å². The van der Waals surface area contributed by atoms with Gasteiger partial charge in [0.2, 0.25) is 0 Å². The highest BCUT2D eigenvalue weighted by molar-refractivity contribution is 5.75. The van der Waals surface area contributed by atoms with Crippen molar-refractivity contribution in [2.75, 3.05) is 0 Å². The number of benzene rings is 1. The Labute approximate surface area is 83.6 Å². The molecule has 1 aliphatic carbocycles. The van der Waals surface area contributed by atoms with Crippen LogP contribution in [0, 0.1) is 19.8 Å². The first-order chi connectivity index (χ1) is 6.59. The lowest BCUT2D eigenvalue weighted by atomic mass is 10.0. The average Bonchev–Trinajstić information content (AvgIpc) is 2.83. The van der Waals surface area contributed by atoms with Crippen molar-refractivity contribution >= 4 is 5.97 Å². The van der Waals surface area contributed by atoms with Gasteiger partial charge >= 0.3 is 5.97 Å². The monoisotopic (exact) mass is 190 g/mol. The lowest BCUT2D eigenvalue weighted by Gasteiger charge is -2.04. The van der Waals surface area contributed by atoms with Crippen molar-refractivity contribution in [3.63, 3.8) is 0 Å². The molecule has 1 aromatic carbocycles. The van der Waals surface area contributed by atoms with Crippen molar-refractivity contribution in [2.24, 2.45) is 5.92 Å². The van der Waals surface area contributed by atoms with E-state index in [0.29, 0.717) is 0 Å². The Morgan fingerprint density at radius 1 is 1.43 bits per heavy atom. The topological polar surface area (TPSA) is 37.3 Å². The zero-order valence-corrected chi connectivity index (χ0v) is 8.45. The molecule has 1 aromatic rings. The summed E-state index contributed by atoms with van der Waals surface area (Å²) < 4.78 is 0. The van der Waals surface area contributed by atoms with Crippen LogP contribution in [0.5, 0.6) is 0 Å². The fraction of sp³-hybridized carbons (Fsp3) is 0.417. The molecule has 2 rings (SSSR count). The minimum Gasteiger partial charge on any atom is -0.481 e. The first-order valence-electron chi connectivity index (χ1n) is 4.89. The number of carboxylic acids is 1. The molecule has 0 aliphatic heterocycles. The highest BCUT2D eigenvalue weighted by Gasteiger charge is 2.44. The maximum atomic E-state index is 10.7. The van der Waals surface area contributed by atoms with E-state index < -0.39 is 5.97 Å². The number of hydrogen-bond acceptors (Lipinski definition) is 1. The van der Waals surface area contributed by atoms with Gasteiger partial charge in [-0.2, -0.15) is 0 Å². The molecule has 2 atom stereocenters. The van der Waals surface area contributed by atoms with Gasteiger partial charge in [0.25, 0.3) is 0 Å². The molecule has 0 radical (unpaired) electrons. The van der Waals surface area contributed by atoms with Gasteiger partial charge in [-0.25, -0.2) is 0 Å². The highest BCUT2D eigenvalue weighted by atomic mass is 16.4. The highest BCUT2D eigenvalue weighted by Crippen LogP contribution is 2.48. The Hall–Kier alpha value is -1.31. The quantitative estimate of drug-likeness (QED) is 0.778. The molecular weight excluding hydrogens is 176 g/mol. The van der Waals surface area contributed by atoms with Crippen molar-refractivity contribution in [2.45, 2.75) is 26.2 Å². The van der Waals surface area contributed by atoms with Gasteiger partial charge < -0.3 is 5.11 Å². The molecule has 0 saturated heterocycles. The smallest absolute Gasteiger partial charge is 0.307 e. The maximum absolute atomic E-state index is 10.7. The molecule has 0 spiro atoms. The maximum Gasteiger partial charge on any atom is 0.307 e. The first kappa shape index (κ1) is 9.25. The molecule has 1 fully saturated rings. The zero-order valence-electron chi connectivity index (χ0n) is 8.45. The second kappa shape index (κ2) is 3.12. The molecule has 2 nitrogen and oxygen atoms in total. The van der Waals surface area contributed by atoms with Crippen LogP contribution in [0.15, 0.2) is 18.2 Å². The molecule has 1 saturated carbocycles. The van der Waals surface area contributed by atoms with Gasteiger partial charge in [-0.15, -0.1) is 0 Å². The van der Waals surface area contributed by atoms with Crippen LogP contribution < -0.4 is 0 Å².